The van der Waals surface area contributed by atoms with Crippen molar-refractivity contribution < 1.29 is 88.0 Å². The maximum atomic E-state index is 12.6. The van der Waals surface area contributed by atoms with E-state index in [4.69, 9.17) is 42.6 Å². The fourth-order valence-electron chi connectivity index (χ4n) is 13.7. The first kappa shape index (κ1) is 48.1. The van der Waals surface area contributed by atoms with Crippen LogP contribution in [0.5, 0.6) is 0 Å². The first-order valence-corrected chi connectivity index (χ1v) is 23.9. The molecule has 7 fully saturated rings. The third-order valence-corrected chi connectivity index (χ3v) is 17.6. The molecule has 0 aromatic rings. The van der Waals surface area contributed by atoms with Gasteiger partial charge in [-0.15, -0.1) is 0 Å². The van der Waals surface area contributed by atoms with Crippen molar-refractivity contribution in [2.24, 2.45) is 34.5 Å². The van der Waals surface area contributed by atoms with Crippen molar-refractivity contribution >= 4 is 11.8 Å². The van der Waals surface area contributed by atoms with Crippen molar-refractivity contribution in [2.45, 2.75) is 216 Å². The Bertz CT molecular complexity index is 1830. The minimum atomic E-state index is -1.73. The number of hydrogen-bond donors (Lipinski definition) is 7. The number of cyclic esters (lactones) is 1. The molecular weight excluding hydrogens is 852 g/mol. The predicted octanol–water partition coefficient (Wildman–Crippen LogP) is 1.05. The minimum Gasteiger partial charge on any atom is -0.458 e. The Morgan fingerprint density at radius 1 is 0.631 bits per heavy atom. The van der Waals surface area contributed by atoms with Gasteiger partial charge in [0.2, 0.25) is 0 Å². The molecule has 0 spiro atoms. The largest absolute Gasteiger partial charge is 0.458 e. The summed E-state index contributed by atoms with van der Waals surface area (Å²) in [6.45, 7) is 11.1. The van der Waals surface area contributed by atoms with E-state index in [1.54, 1.807) is 19.9 Å². The highest BCUT2D eigenvalue weighted by molar-refractivity contribution is 5.93. The van der Waals surface area contributed by atoms with Gasteiger partial charge >= 0.3 is 5.97 Å². The van der Waals surface area contributed by atoms with E-state index in [9.17, 15) is 45.3 Å². The summed E-state index contributed by atoms with van der Waals surface area (Å²) in [7, 11) is 0. The molecule has 18 heteroatoms. The third-order valence-electron chi connectivity index (χ3n) is 17.6. The fraction of sp³-hybridized carbons (Fsp3) is 0.872. The van der Waals surface area contributed by atoms with Gasteiger partial charge in [0.15, 0.2) is 30.9 Å². The lowest BCUT2D eigenvalue weighted by atomic mass is 9.43. The van der Waals surface area contributed by atoms with E-state index < -0.39 is 110 Å². The maximum absolute atomic E-state index is 12.6. The van der Waals surface area contributed by atoms with Crippen LogP contribution >= 0.6 is 0 Å². The van der Waals surface area contributed by atoms with E-state index in [-0.39, 0.29) is 40.5 Å². The molecule has 4 saturated carbocycles. The van der Waals surface area contributed by atoms with Crippen molar-refractivity contribution in [3.63, 3.8) is 0 Å². The van der Waals surface area contributed by atoms with Crippen LogP contribution in [0.3, 0.4) is 0 Å². The number of ether oxygens (including phenoxy) is 9. The number of esters is 1. The van der Waals surface area contributed by atoms with Gasteiger partial charge in [0.05, 0.1) is 30.0 Å². The van der Waals surface area contributed by atoms with Gasteiger partial charge < -0.3 is 78.4 Å². The molecule has 4 aliphatic carbocycles. The molecule has 0 radical (unpaired) electrons. The molecule has 0 amide bonds. The highest BCUT2D eigenvalue weighted by Crippen LogP contribution is 2.70. The lowest BCUT2D eigenvalue weighted by molar-refractivity contribution is -0.380. The monoisotopic (exact) mass is 922 g/mol. The van der Waals surface area contributed by atoms with Crippen LogP contribution < -0.4 is 0 Å². The van der Waals surface area contributed by atoms with Crippen LogP contribution in [0.2, 0.25) is 0 Å². The summed E-state index contributed by atoms with van der Waals surface area (Å²) < 4.78 is 53.2. The summed E-state index contributed by atoms with van der Waals surface area (Å²) in [6.07, 6.45) is -10.6. The number of aliphatic hydroxyl groups excluding tert-OH is 6. The number of rotatable bonds is 9. The zero-order chi connectivity index (χ0) is 46.5. The second-order valence-corrected chi connectivity index (χ2v) is 21.1. The molecule has 9 aliphatic rings. The van der Waals surface area contributed by atoms with E-state index in [2.05, 4.69) is 13.8 Å². The van der Waals surface area contributed by atoms with Crippen LogP contribution in [-0.2, 0) is 52.2 Å². The van der Waals surface area contributed by atoms with Gasteiger partial charge in [-0.1, -0.05) is 13.8 Å². The van der Waals surface area contributed by atoms with E-state index >= 15 is 0 Å². The van der Waals surface area contributed by atoms with Crippen molar-refractivity contribution in [2.75, 3.05) is 6.61 Å². The average molecular weight is 923 g/mol. The van der Waals surface area contributed by atoms with Crippen LogP contribution in [0, 0.1) is 34.5 Å². The standard InChI is InChI=1S/C47H70O18/c1-20-30(48)9-10-32(58-20)63-39-33(50)21(2)60-43(36(39)53)65-41-35(52)23(4)61-44(38(41)55)64-40-34(51)22(3)59-42(37(40)54)62-26-11-14-45(5)25(18-26)7-8-29-28(45)12-15-46(6)27(13-16-47(29,46)56)24-17-31(49)57-19-24/h9-10,17,20-23,25-29,32-44,50-56H,7-8,11-16,18-19H2,1-6H3/t20-,21?,22?,23?,25-,26-,27+,28?,29?,32+,33?,34?,35?,36-,37-,38-,39-,40-,41-,42?,43?,44?,45?,46?,47-/m0/s1. The molecule has 0 aromatic carbocycles. The van der Waals surface area contributed by atoms with E-state index in [0.29, 0.717) is 31.3 Å². The number of carbonyl (C=O) groups is 2. The average Bonchev–Trinajstić information content (AvgIpc) is 3.82. The Morgan fingerprint density at radius 3 is 1.75 bits per heavy atom. The van der Waals surface area contributed by atoms with E-state index in [1.165, 1.54) is 26.0 Å². The molecule has 13 unspecified atom stereocenters. The summed E-state index contributed by atoms with van der Waals surface area (Å²) in [5.41, 5.74) is -0.153. The van der Waals surface area contributed by atoms with Crippen LogP contribution in [0.25, 0.3) is 0 Å². The van der Waals surface area contributed by atoms with Crippen LogP contribution in [-0.4, -0.2) is 170 Å². The van der Waals surface area contributed by atoms with Gasteiger partial charge in [0.1, 0.15) is 67.6 Å². The van der Waals surface area contributed by atoms with Crippen LogP contribution in [0.15, 0.2) is 23.8 Å². The zero-order valence-corrected chi connectivity index (χ0v) is 38.1. The van der Waals surface area contributed by atoms with E-state index in [1.807, 2.05) is 0 Å². The highest BCUT2D eigenvalue weighted by Gasteiger charge is 2.68. The van der Waals surface area contributed by atoms with Crippen molar-refractivity contribution in [3.8, 4) is 0 Å². The molecule has 9 rings (SSSR count). The summed E-state index contributed by atoms with van der Waals surface area (Å²) >= 11 is 0. The van der Waals surface area contributed by atoms with Gasteiger partial charge in [-0.3, -0.25) is 4.79 Å². The van der Waals surface area contributed by atoms with Gasteiger partial charge in [0.25, 0.3) is 0 Å². The Balaban J connectivity index is 0.831. The van der Waals surface area contributed by atoms with Gasteiger partial charge in [-0.2, -0.15) is 0 Å². The number of ketones is 1. The summed E-state index contributed by atoms with van der Waals surface area (Å²) in [6, 6.07) is 0. The number of fused-ring (bicyclic) bond motifs is 5. The normalized spacial score (nSPS) is 54.6. The molecule has 7 N–H and O–H groups in total. The molecule has 5 heterocycles. The summed E-state index contributed by atoms with van der Waals surface area (Å²) in [5.74, 6) is 0.364. The molecule has 366 valence electrons. The second-order valence-electron chi connectivity index (χ2n) is 21.1. The summed E-state index contributed by atoms with van der Waals surface area (Å²) in [4.78, 5) is 23.9. The smallest absolute Gasteiger partial charge is 0.331 e. The SMILES string of the molecule is CC1OC(O[C@H]2CCC3(C)C4CCC5(C)[C@@H](C6=CC(=O)OC6)CC[C@]5(O)C4CC[C@H]3C2)[C@@H](O)[C@@H](OC2OC(C)C(O)[C@H](OC3OC(C)C(O)[C@H](O[C@@H]4C=CC(=O)[C@H](C)O4)[C@@H]3O)[C@@H]2O)C1O. The Morgan fingerprint density at radius 2 is 1.20 bits per heavy atom. The van der Waals surface area contributed by atoms with Gasteiger partial charge in [-0.25, -0.2) is 4.79 Å². The lowest BCUT2D eigenvalue weighted by Crippen LogP contribution is -2.66. The van der Waals surface area contributed by atoms with Crippen molar-refractivity contribution in [1.29, 1.82) is 0 Å². The molecule has 25 atom stereocenters. The van der Waals surface area contributed by atoms with Crippen LogP contribution in [0.4, 0.5) is 0 Å². The number of aliphatic hydroxyl groups is 7. The number of carbonyl (C=O) groups excluding carboxylic acids is 2. The zero-order valence-electron chi connectivity index (χ0n) is 38.1. The maximum Gasteiger partial charge on any atom is 0.331 e. The molecular formula is C47H70O18. The van der Waals surface area contributed by atoms with E-state index in [0.717, 1.165) is 50.5 Å². The minimum absolute atomic E-state index is 0.0227. The number of hydrogen-bond acceptors (Lipinski definition) is 18. The second kappa shape index (κ2) is 18.1. The third kappa shape index (κ3) is 8.30. The van der Waals surface area contributed by atoms with Crippen LogP contribution in [0.1, 0.15) is 99.3 Å². The molecule has 65 heavy (non-hydrogen) atoms. The quantitative estimate of drug-likeness (QED) is 0.126. The Labute approximate surface area is 379 Å². The first-order valence-electron chi connectivity index (χ1n) is 23.9. The predicted molar refractivity (Wildman–Crippen MR) is 223 cm³/mol. The molecule has 18 nitrogen and oxygen atoms in total. The molecule has 0 aromatic heterocycles. The van der Waals surface area contributed by atoms with Gasteiger partial charge in [-0.05, 0) is 132 Å². The summed E-state index contributed by atoms with van der Waals surface area (Å²) in [5, 5.41) is 80.8. The lowest BCUT2D eigenvalue weighted by Gasteiger charge is -2.64. The topological polar surface area (TPSA) is 259 Å². The molecule has 0 bridgehead atoms. The highest BCUT2D eigenvalue weighted by atomic mass is 16.8. The first-order chi connectivity index (χ1) is 30.7. The molecule has 3 saturated heterocycles. The Kier molecular flexibility index (Phi) is 13.4. The Hall–Kier alpha value is -1.98. The molecule has 5 aliphatic heterocycles. The van der Waals surface area contributed by atoms with Gasteiger partial charge in [0, 0.05) is 11.5 Å². The van der Waals surface area contributed by atoms with Crippen molar-refractivity contribution in [1.82, 2.24) is 0 Å². The fourth-order valence-corrected chi connectivity index (χ4v) is 13.7. The van der Waals surface area contributed by atoms with Crippen molar-refractivity contribution in [3.05, 3.63) is 23.8 Å².